The van der Waals surface area contributed by atoms with Crippen LogP contribution < -0.4 is 0 Å². The summed E-state index contributed by atoms with van der Waals surface area (Å²) in [7, 11) is -4.67. The molecular formula is C23H42O4S. The zero-order valence-corrected chi connectivity index (χ0v) is 18.6. The summed E-state index contributed by atoms with van der Waals surface area (Å²) in [6.45, 7) is 2.29. The fourth-order valence-corrected chi connectivity index (χ4v) is 3.35. The molecule has 0 radical (unpaired) electrons. The fourth-order valence-electron chi connectivity index (χ4n) is 3.35. The van der Waals surface area contributed by atoms with Crippen LogP contribution in [0.2, 0.25) is 0 Å². The first-order valence-electron chi connectivity index (χ1n) is 11.2. The van der Waals surface area contributed by atoms with Crippen LogP contribution in [-0.2, 0) is 16.8 Å². The second kappa shape index (κ2) is 19.4. The Labute approximate surface area is 173 Å². The largest absolute Gasteiger partial charge is 0.394 e. The summed E-state index contributed by atoms with van der Waals surface area (Å²) < 4.78 is 31.6. The van der Waals surface area contributed by atoms with E-state index in [0.29, 0.717) is 0 Å². The second-order valence-corrected chi connectivity index (χ2v) is 8.53. The third-order valence-corrected chi connectivity index (χ3v) is 4.91. The van der Waals surface area contributed by atoms with E-state index in [1.54, 1.807) is 0 Å². The van der Waals surface area contributed by atoms with Gasteiger partial charge in [-0.3, -0.25) is 9.11 Å². The van der Waals surface area contributed by atoms with E-state index in [-0.39, 0.29) is 0 Å². The molecule has 2 N–H and O–H groups in total. The number of aryl methyl sites for hydroxylation is 1. The quantitative estimate of drug-likeness (QED) is 0.217. The zero-order chi connectivity index (χ0) is 20.9. The molecule has 0 fully saturated rings. The number of hydrogen-bond acceptors (Lipinski definition) is 2. The van der Waals surface area contributed by atoms with Gasteiger partial charge in [-0.25, -0.2) is 0 Å². The van der Waals surface area contributed by atoms with Gasteiger partial charge in [-0.05, 0) is 18.4 Å². The Kier molecular flexibility index (Phi) is 18.8. The number of unbranched alkanes of at least 4 members (excludes halogenated alkanes) is 14. The maximum atomic E-state index is 8.74. The lowest BCUT2D eigenvalue weighted by Gasteiger charge is -2.04. The standard InChI is InChI=1S/C23H40.H2O4S/c1-2-3-4-5-6-7-8-9-10-11-12-13-14-15-17-20-23-21-18-16-19-22-23;1-5(2,3)4/h16,18-19,21-22H,2-15,17,20H2,1H3;(H2,1,2,3,4). The van der Waals surface area contributed by atoms with Crippen molar-refractivity contribution in [3.05, 3.63) is 35.9 Å². The van der Waals surface area contributed by atoms with E-state index in [4.69, 9.17) is 17.5 Å². The summed E-state index contributed by atoms with van der Waals surface area (Å²) in [5, 5.41) is 0. The average molecular weight is 415 g/mol. The van der Waals surface area contributed by atoms with E-state index in [2.05, 4.69) is 37.3 Å². The molecule has 0 atom stereocenters. The molecular weight excluding hydrogens is 372 g/mol. The lowest BCUT2D eigenvalue weighted by Crippen LogP contribution is -1.89. The van der Waals surface area contributed by atoms with Crippen molar-refractivity contribution < 1.29 is 17.5 Å². The summed E-state index contributed by atoms with van der Waals surface area (Å²) in [5.41, 5.74) is 1.50. The predicted octanol–water partition coefficient (Wildman–Crippen LogP) is 7.45. The van der Waals surface area contributed by atoms with Crippen LogP contribution in [0.25, 0.3) is 0 Å². The van der Waals surface area contributed by atoms with Crippen molar-refractivity contribution in [2.24, 2.45) is 0 Å². The first-order valence-corrected chi connectivity index (χ1v) is 12.6. The van der Waals surface area contributed by atoms with Crippen LogP contribution in [0.4, 0.5) is 0 Å². The third kappa shape index (κ3) is 25.1. The van der Waals surface area contributed by atoms with E-state index in [0.717, 1.165) is 0 Å². The van der Waals surface area contributed by atoms with E-state index in [9.17, 15) is 0 Å². The minimum Gasteiger partial charge on any atom is -0.264 e. The van der Waals surface area contributed by atoms with Gasteiger partial charge in [0.25, 0.3) is 0 Å². The molecule has 0 aliphatic carbocycles. The van der Waals surface area contributed by atoms with Crippen LogP contribution in [0.15, 0.2) is 30.3 Å². The molecule has 0 unspecified atom stereocenters. The zero-order valence-electron chi connectivity index (χ0n) is 17.8. The molecule has 0 aliphatic heterocycles. The lowest BCUT2D eigenvalue weighted by molar-refractivity contribution is 0.381. The minimum atomic E-state index is -4.67. The Hall–Kier alpha value is -0.910. The van der Waals surface area contributed by atoms with Crippen LogP contribution in [-0.4, -0.2) is 17.5 Å². The monoisotopic (exact) mass is 414 g/mol. The van der Waals surface area contributed by atoms with Crippen molar-refractivity contribution in [2.45, 2.75) is 110 Å². The molecule has 1 aromatic rings. The number of hydrogen-bond donors (Lipinski definition) is 2. The van der Waals surface area contributed by atoms with Crippen LogP contribution in [0.3, 0.4) is 0 Å². The molecule has 4 nitrogen and oxygen atoms in total. The van der Waals surface area contributed by atoms with Gasteiger partial charge in [-0.15, -0.1) is 0 Å². The van der Waals surface area contributed by atoms with Gasteiger partial charge in [0.05, 0.1) is 0 Å². The van der Waals surface area contributed by atoms with Gasteiger partial charge in [0, 0.05) is 0 Å². The van der Waals surface area contributed by atoms with Gasteiger partial charge in [0.15, 0.2) is 0 Å². The molecule has 0 aliphatic rings. The van der Waals surface area contributed by atoms with Crippen molar-refractivity contribution in [1.82, 2.24) is 0 Å². The molecule has 0 bridgehead atoms. The average Bonchev–Trinajstić information content (AvgIpc) is 2.64. The summed E-state index contributed by atoms with van der Waals surface area (Å²) >= 11 is 0. The molecule has 0 aromatic heterocycles. The Morgan fingerprint density at radius 1 is 0.607 bits per heavy atom. The van der Waals surface area contributed by atoms with Gasteiger partial charge in [0.1, 0.15) is 0 Å². The topological polar surface area (TPSA) is 74.6 Å². The molecule has 28 heavy (non-hydrogen) atoms. The highest BCUT2D eigenvalue weighted by Crippen LogP contribution is 2.14. The lowest BCUT2D eigenvalue weighted by atomic mass is 10.0. The van der Waals surface area contributed by atoms with Crippen molar-refractivity contribution in [1.29, 1.82) is 0 Å². The molecule has 164 valence electrons. The normalized spacial score (nSPS) is 11.1. The maximum Gasteiger partial charge on any atom is 0.394 e. The summed E-state index contributed by atoms with van der Waals surface area (Å²) in [5.74, 6) is 0. The minimum absolute atomic E-state index is 1.26. The van der Waals surface area contributed by atoms with Crippen LogP contribution in [0, 0.1) is 0 Å². The fraction of sp³-hybridized carbons (Fsp3) is 0.739. The SMILES string of the molecule is CCCCCCCCCCCCCCCCCc1ccccc1.O=S(=O)(O)O. The van der Waals surface area contributed by atoms with Crippen LogP contribution in [0.5, 0.6) is 0 Å². The van der Waals surface area contributed by atoms with Gasteiger partial charge in [-0.2, -0.15) is 8.42 Å². The van der Waals surface area contributed by atoms with Crippen molar-refractivity contribution in [3.8, 4) is 0 Å². The maximum absolute atomic E-state index is 8.74. The highest BCUT2D eigenvalue weighted by molar-refractivity contribution is 7.79. The second-order valence-electron chi connectivity index (χ2n) is 7.63. The van der Waals surface area contributed by atoms with Gasteiger partial charge < -0.3 is 0 Å². The van der Waals surface area contributed by atoms with Crippen molar-refractivity contribution >= 4 is 10.4 Å². The molecule has 0 saturated heterocycles. The molecule has 1 aromatic carbocycles. The van der Waals surface area contributed by atoms with E-state index < -0.39 is 10.4 Å². The van der Waals surface area contributed by atoms with Gasteiger partial charge in [-0.1, -0.05) is 127 Å². The smallest absolute Gasteiger partial charge is 0.264 e. The Morgan fingerprint density at radius 2 is 0.929 bits per heavy atom. The van der Waals surface area contributed by atoms with Crippen LogP contribution in [0.1, 0.15) is 109 Å². The Bertz CT molecular complexity index is 521. The first kappa shape index (κ1) is 27.1. The molecule has 0 saturated carbocycles. The molecule has 0 amide bonds. The highest BCUT2D eigenvalue weighted by Gasteiger charge is 1.95. The van der Waals surface area contributed by atoms with E-state index in [1.165, 1.54) is 108 Å². The summed E-state index contributed by atoms with van der Waals surface area (Å²) in [6, 6.07) is 10.9. The van der Waals surface area contributed by atoms with E-state index in [1.807, 2.05) is 0 Å². The number of benzene rings is 1. The van der Waals surface area contributed by atoms with Crippen molar-refractivity contribution in [2.75, 3.05) is 0 Å². The Morgan fingerprint density at radius 3 is 1.29 bits per heavy atom. The third-order valence-electron chi connectivity index (χ3n) is 4.91. The van der Waals surface area contributed by atoms with Gasteiger partial charge >= 0.3 is 10.4 Å². The Balaban J connectivity index is 0.00000129. The molecule has 1 rings (SSSR count). The number of rotatable bonds is 16. The summed E-state index contributed by atoms with van der Waals surface area (Å²) in [6.07, 6.45) is 22.9. The van der Waals surface area contributed by atoms with E-state index >= 15 is 0 Å². The molecule has 0 spiro atoms. The summed E-state index contributed by atoms with van der Waals surface area (Å²) in [4.78, 5) is 0. The van der Waals surface area contributed by atoms with Crippen molar-refractivity contribution in [3.63, 3.8) is 0 Å². The first-order chi connectivity index (χ1) is 13.4. The molecule has 0 heterocycles. The molecule has 5 heteroatoms. The van der Waals surface area contributed by atoms with Gasteiger partial charge in [0.2, 0.25) is 0 Å². The predicted molar refractivity (Wildman–Crippen MR) is 119 cm³/mol. The van der Waals surface area contributed by atoms with Crippen LogP contribution >= 0.6 is 0 Å². The highest BCUT2D eigenvalue weighted by atomic mass is 32.3.